The van der Waals surface area contributed by atoms with Crippen LogP contribution in [-0.4, -0.2) is 45.2 Å². The molecule has 1 fully saturated rings. The molecule has 2 unspecified atom stereocenters. The predicted octanol–water partition coefficient (Wildman–Crippen LogP) is 4.14. The van der Waals surface area contributed by atoms with Crippen molar-refractivity contribution >= 4 is 23.0 Å². The molecule has 9 heteroatoms. The molecule has 0 radical (unpaired) electrons. The van der Waals surface area contributed by atoms with Crippen LogP contribution < -0.4 is 4.90 Å². The van der Waals surface area contributed by atoms with Crippen LogP contribution in [-0.2, 0) is 16.0 Å². The molecule has 2 aromatic carbocycles. The standard InChI is InChI=1S/C25H24FN5O3/c1-30(13-17-6-5-9-19(26)12-17)23-22-24(28-15-27-23)31(16-29-22)21-11-10-20(34-21)14-33-25(32)18-7-3-2-4-8-18/h2-9,12,15-16,20-21H,10-11,13-14H2,1H3. The number of nitrogens with zero attached hydrogens (tertiary/aromatic N) is 5. The highest BCUT2D eigenvalue weighted by molar-refractivity contribution is 5.89. The zero-order valence-electron chi connectivity index (χ0n) is 18.7. The van der Waals surface area contributed by atoms with Gasteiger partial charge in [-0.2, -0.15) is 0 Å². The molecule has 0 spiro atoms. The predicted molar refractivity (Wildman–Crippen MR) is 124 cm³/mol. The number of imidazole rings is 1. The Labute approximate surface area is 196 Å². The Kier molecular flexibility index (Phi) is 6.18. The summed E-state index contributed by atoms with van der Waals surface area (Å²) in [7, 11) is 1.88. The highest BCUT2D eigenvalue weighted by Gasteiger charge is 2.29. The fraction of sp³-hybridized carbons (Fsp3) is 0.280. The van der Waals surface area contributed by atoms with Gasteiger partial charge in [0.25, 0.3) is 0 Å². The van der Waals surface area contributed by atoms with E-state index in [4.69, 9.17) is 9.47 Å². The molecular weight excluding hydrogens is 437 g/mol. The molecule has 0 amide bonds. The minimum Gasteiger partial charge on any atom is -0.459 e. The molecule has 0 aliphatic carbocycles. The van der Waals surface area contributed by atoms with E-state index < -0.39 is 0 Å². The van der Waals surface area contributed by atoms with Gasteiger partial charge in [-0.1, -0.05) is 30.3 Å². The lowest BCUT2D eigenvalue weighted by molar-refractivity contribution is -0.0309. The van der Waals surface area contributed by atoms with E-state index in [0.717, 1.165) is 18.4 Å². The lowest BCUT2D eigenvalue weighted by Gasteiger charge is -2.19. The quantitative estimate of drug-likeness (QED) is 0.383. The molecule has 2 atom stereocenters. The van der Waals surface area contributed by atoms with Crippen LogP contribution in [0.1, 0.15) is 35.0 Å². The maximum absolute atomic E-state index is 13.6. The van der Waals surface area contributed by atoms with E-state index in [1.807, 2.05) is 28.6 Å². The molecule has 1 aliphatic rings. The SMILES string of the molecule is CN(Cc1cccc(F)c1)c1ncnc2c1ncn2C1CCC(COC(=O)c2ccccc2)O1. The van der Waals surface area contributed by atoms with E-state index in [2.05, 4.69) is 15.0 Å². The van der Waals surface area contributed by atoms with E-state index in [-0.39, 0.29) is 30.7 Å². The average molecular weight is 461 g/mol. The van der Waals surface area contributed by atoms with Crippen LogP contribution in [0, 0.1) is 5.82 Å². The number of ether oxygens (including phenoxy) is 2. The molecule has 34 heavy (non-hydrogen) atoms. The molecule has 1 saturated heterocycles. The van der Waals surface area contributed by atoms with Crippen molar-refractivity contribution in [2.45, 2.75) is 31.7 Å². The van der Waals surface area contributed by atoms with Gasteiger partial charge < -0.3 is 14.4 Å². The van der Waals surface area contributed by atoms with Crippen molar-refractivity contribution in [1.29, 1.82) is 0 Å². The minimum absolute atomic E-state index is 0.188. The largest absolute Gasteiger partial charge is 0.459 e. The summed E-state index contributed by atoms with van der Waals surface area (Å²) in [5.41, 5.74) is 2.65. The van der Waals surface area contributed by atoms with Crippen molar-refractivity contribution in [2.24, 2.45) is 0 Å². The number of rotatable bonds is 7. The summed E-state index contributed by atoms with van der Waals surface area (Å²) in [6, 6.07) is 15.4. The lowest BCUT2D eigenvalue weighted by atomic mass is 10.2. The molecule has 174 valence electrons. The molecule has 2 aromatic heterocycles. The van der Waals surface area contributed by atoms with Gasteiger partial charge >= 0.3 is 5.97 Å². The zero-order chi connectivity index (χ0) is 23.5. The summed E-state index contributed by atoms with van der Waals surface area (Å²) in [4.78, 5) is 27.5. The lowest BCUT2D eigenvalue weighted by Crippen LogP contribution is -2.20. The fourth-order valence-corrected chi connectivity index (χ4v) is 4.15. The maximum Gasteiger partial charge on any atom is 0.338 e. The number of carbonyl (C=O) groups excluding carboxylic acids is 1. The van der Waals surface area contributed by atoms with Gasteiger partial charge in [-0.15, -0.1) is 0 Å². The first kappa shape index (κ1) is 22.0. The third-order valence-electron chi connectivity index (χ3n) is 5.81. The minimum atomic E-state index is -0.362. The van der Waals surface area contributed by atoms with Gasteiger partial charge in [0.2, 0.25) is 0 Å². The van der Waals surface area contributed by atoms with Crippen molar-refractivity contribution in [3.63, 3.8) is 0 Å². The Balaban J connectivity index is 1.26. The second-order valence-corrected chi connectivity index (χ2v) is 8.26. The van der Waals surface area contributed by atoms with Crippen molar-refractivity contribution < 1.29 is 18.7 Å². The smallest absolute Gasteiger partial charge is 0.338 e. The van der Waals surface area contributed by atoms with Crippen molar-refractivity contribution in [3.8, 4) is 0 Å². The third-order valence-corrected chi connectivity index (χ3v) is 5.81. The van der Waals surface area contributed by atoms with Crippen LogP contribution in [0.4, 0.5) is 10.2 Å². The topological polar surface area (TPSA) is 82.4 Å². The van der Waals surface area contributed by atoms with Crippen LogP contribution in [0.15, 0.2) is 67.3 Å². The molecule has 5 rings (SSSR count). The van der Waals surface area contributed by atoms with E-state index in [9.17, 15) is 9.18 Å². The Morgan fingerprint density at radius 3 is 2.82 bits per heavy atom. The molecule has 1 aliphatic heterocycles. The second kappa shape index (κ2) is 9.56. The summed E-state index contributed by atoms with van der Waals surface area (Å²) in [5.74, 6) is 0.0178. The Morgan fingerprint density at radius 2 is 2.00 bits per heavy atom. The Morgan fingerprint density at radius 1 is 1.15 bits per heavy atom. The van der Waals surface area contributed by atoms with E-state index in [0.29, 0.717) is 29.1 Å². The van der Waals surface area contributed by atoms with E-state index >= 15 is 0 Å². The van der Waals surface area contributed by atoms with Gasteiger partial charge in [-0.05, 0) is 42.7 Å². The summed E-state index contributed by atoms with van der Waals surface area (Å²) < 4.78 is 27.0. The Hall–Kier alpha value is -3.85. The molecule has 3 heterocycles. The molecule has 8 nitrogen and oxygen atoms in total. The second-order valence-electron chi connectivity index (χ2n) is 8.26. The number of carbonyl (C=O) groups is 1. The molecule has 0 bridgehead atoms. The number of fused-ring (bicyclic) bond motifs is 1. The first-order valence-corrected chi connectivity index (χ1v) is 11.1. The van der Waals surface area contributed by atoms with Gasteiger partial charge in [0.15, 0.2) is 17.0 Å². The first-order chi connectivity index (χ1) is 16.6. The van der Waals surface area contributed by atoms with E-state index in [1.54, 1.807) is 36.7 Å². The average Bonchev–Trinajstić information content (AvgIpc) is 3.50. The zero-order valence-corrected chi connectivity index (χ0v) is 18.7. The number of esters is 1. The number of halogens is 1. The summed E-state index contributed by atoms with van der Waals surface area (Å²) in [6.07, 6.45) is 4.23. The monoisotopic (exact) mass is 461 g/mol. The molecule has 0 N–H and O–H groups in total. The van der Waals surface area contributed by atoms with Crippen LogP contribution in [0.5, 0.6) is 0 Å². The summed E-state index contributed by atoms with van der Waals surface area (Å²) in [5, 5.41) is 0. The molecule has 4 aromatic rings. The highest BCUT2D eigenvalue weighted by Crippen LogP contribution is 2.32. The molecule has 0 saturated carbocycles. The Bertz CT molecular complexity index is 1300. The fourth-order valence-electron chi connectivity index (χ4n) is 4.15. The van der Waals surface area contributed by atoms with Crippen molar-refractivity contribution in [2.75, 3.05) is 18.6 Å². The first-order valence-electron chi connectivity index (χ1n) is 11.1. The third kappa shape index (κ3) is 4.60. The maximum atomic E-state index is 13.6. The van der Waals surface area contributed by atoms with E-state index in [1.165, 1.54) is 18.5 Å². The van der Waals surface area contributed by atoms with Crippen LogP contribution >= 0.6 is 0 Å². The van der Waals surface area contributed by atoms with Gasteiger partial charge in [-0.25, -0.2) is 24.1 Å². The van der Waals surface area contributed by atoms with Gasteiger partial charge in [-0.3, -0.25) is 4.57 Å². The van der Waals surface area contributed by atoms with Crippen molar-refractivity contribution in [1.82, 2.24) is 19.5 Å². The van der Waals surface area contributed by atoms with Crippen LogP contribution in [0.2, 0.25) is 0 Å². The molecular formula is C25H24FN5O3. The highest BCUT2D eigenvalue weighted by atomic mass is 19.1. The number of aromatic nitrogens is 4. The summed E-state index contributed by atoms with van der Waals surface area (Å²) in [6.45, 7) is 0.666. The number of hydrogen-bond donors (Lipinski definition) is 0. The van der Waals surface area contributed by atoms with Gasteiger partial charge in [0, 0.05) is 13.6 Å². The van der Waals surface area contributed by atoms with Gasteiger partial charge in [0.1, 0.15) is 25.0 Å². The van der Waals surface area contributed by atoms with Gasteiger partial charge in [0.05, 0.1) is 18.0 Å². The number of hydrogen-bond acceptors (Lipinski definition) is 7. The number of anilines is 1. The number of benzene rings is 2. The summed E-state index contributed by atoms with van der Waals surface area (Å²) >= 11 is 0. The van der Waals surface area contributed by atoms with Crippen molar-refractivity contribution in [3.05, 3.63) is 84.2 Å². The normalized spacial score (nSPS) is 17.7. The van der Waals surface area contributed by atoms with Crippen LogP contribution in [0.3, 0.4) is 0 Å². The van der Waals surface area contributed by atoms with Crippen LogP contribution in [0.25, 0.3) is 11.2 Å².